The highest BCUT2D eigenvalue weighted by Crippen LogP contribution is 2.22. The van der Waals surface area contributed by atoms with Gasteiger partial charge in [0.2, 0.25) is 5.91 Å². The normalized spacial score (nSPS) is 11.7. The summed E-state index contributed by atoms with van der Waals surface area (Å²) in [4.78, 5) is 37.0. The molecule has 0 aliphatic heterocycles. The number of nitrogens with one attached hydrogen (secondary N) is 1. The van der Waals surface area contributed by atoms with Gasteiger partial charge < -0.3 is 15.8 Å². The highest BCUT2D eigenvalue weighted by molar-refractivity contribution is 6.01. The highest BCUT2D eigenvalue weighted by atomic mass is 16.4. The lowest BCUT2D eigenvalue weighted by molar-refractivity contribution is -0.125. The van der Waals surface area contributed by atoms with E-state index in [0.717, 1.165) is 4.57 Å². The summed E-state index contributed by atoms with van der Waals surface area (Å²) in [5, 5.41) is 9.07. The van der Waals surface area contributed by atoms with Crippen LogP contribution in [-0.4, -0.2) is 26.5 Å². The van der Waals surface area contributed by atoms with Crippen molar-refractivity contribution in [1.82, 2.24) is 9.55 Å². The number of aromatic carboxylic acids is 1. The van der Waals surface area contributed by atoms with Crippen molar-refractivity contribution in [2.75, 3.05) is 0 Å². The van der Waals surface area contributed by atoms with Crippen molar-refractivity contribution in [2.45, 2.75) is 19.4 Å². The summed E-state index contributed by atoms with van der Waals surface area (Å²) in [6.45, 7) is 2.99. The lowest BCUT2D eigenvalue weighted by Gasteiger charge is -2.22. The van der Waals surface area contributed by atoms with Crippen LogP contribution in [0.4, 0.5) is 0 Å². The van der Waals surface area contributed by atoms with Gasteiger partial charge in [-0.2, -0.15) is 0 Å². The Labute approximate surface area is 107 Å². The maximum atomic E-state index is 12.0. The number of primary amides is 1. The molecule has 0 bridgehead atoms. The van der Waals surface area contributed by atoms with Crippen LogP contribution >= 0.6 is 0 Å². The molecule has 1 aromatic heterocycles. The molecule has 1 heterocycles. The van der Waals surface area contributed by atoms with E-state index in [0.29, 0.717) is 5.52 Å². The zero-order valence-electron chi connectivity index (χ0n) is 10.4. The predicted octanol–water partition coefficient (Wildman–Crippen LogP) is 0.248. The number of hydrogen-bond donors (Lipinski definition) is 3. The molecule has 7 nitrogen and oxygen atoms in total. The summed E-state index contributed by atoms with van der Waals surface area (Å²) in [7, 11) is 0. The summed E-state index contributed by atoms with van der Waals surface area (Å²) in [6.07, 6.45) is 0. The first-order valence-corrected chi connectivity index (χ1v) is 5.54. The number of carboxylic acids is 1. The Bertz CT molecular complexity index is 739. The number of amides is 1. The summed E-state index contributed by atoms with van der Waals surface area (Å²) in [6, 6.07) is 4.44. The fourth-order valence-corrected chi connectivity index (χ4v) is 1.97. The number of carboxylic acid groups (broad SMARTS) is 1. The van der Waals surface area contributed by atoms with Gasteiger partial charge in [0.1, 0.15) is 5.54 Å². The minimum Gasteiger partial charge on any atom is -0.478 e. The second-order valence-electron chi connectivity index (χ2n) is 4.69. The van der Waals surface area contributed by atoms with Gasteiger partial charge >= 0.3 is 11.7 Å². The SMILES string of the molecule is CC(C)(C(N)=O)n1c(=O)[nH]c2c(C(=O)O)cccc21. The number of benzene rings is 1. The quantitative estimate of drug-likeness (QED) is 0.735. The number of carbonyl (C=O) groups is 2. The van der Waals surface area contributed by atoms with E-state index in [-0.39, 0.29) is 11.1 Å². The number of para-hydroxylation sites is 1. The van der Waals surface area contributed by atoms with Crippen molar-refractivity contribution < 1.29 is 14.7 Å². The molecule has 2 rings (SSSR count). The van der Waals surface area contributed by atoms with Gasteiger partial charge in [0.15, 0.2) is 0 Å². The molecule has 2 aromatic rings. The van der Waals surface area contributed by atoms with Gasteiger partial charge in [0, 0.05) is 0 Å². The van der Waals surface area contributed by atoms with E-state index in [1.165, 1.54) is 26.0 Å². The van der Waals surface area contributed by atoms with Gasteiger partial charge in [0.25, 0.3) is 0 Å². The van der Waals surface area contributed by atoms with E-state index < -0.39 is 23.1 Å². The molecule has 1 aromatic carbocycles. The van der Waals surface area contributed by atoms with E-state index in [4.69, 9.17) is 10.8 Å². The number of H-pyrrole nitrogens is 1. The number of carbonyl (C=O) groups excluding carboxylic acids is 1. The zero-order valence-corrected chi connectivity index (χ0v) is 10.4. The Hall–Kier alpha value is -2.57. The summed E-state index contributed by atoms with van der Waals surface area (Å²) < 4.78 is 1.16. The fraction of sp³-hybridized carbons (Fsp3) is 0.250. The summed E-state index contributed by atoms with van der Waals surface area (Å²) >= 11 is 0. The van der Waals surface area contributed by atoms with Crippen LogP contribution in [0.2, 0.25) is 0 Å². The fourth-order valence-electron chi connectivity index (χ4n) is 1.97. The number of fused-ring (bicyclic) bond motifs is 1. The molecule has 19 heavy (non-hydrogen) atoms. The molecule has 1 amide bonds. The van der Waals surface area contributed by atoms with Crippen LogP contribution in [-0.2, 0) is 10.3 Å². The van der Waals surface area contributed by atoms with Crippen LogP contribution in [0.25, 0.3) is 11.0 Å². The lowest BCUT2D eigenvalue weighted by atomic mass is 10.0. The summed E-state index contributed by atoms with van der Waals surface area (Å²) in [5.74, 6) is -1.84. The molecule has 100 valence electrons. The monoisotopic (exact) mass is 263 g/mol. The third-order valence-corrected chi connectivity index (χ3v) is 3.11. The maximum Gasteiger partial charge on any atom is 0.337 e. The van der Waals surface area contributed by atoms with E-state index in [9.17, 15) is 14.4 Å². The molecule has 0 radical (unpaired) electrons. The molecule has 0 spiro atoms. The van der Waals surface area contributed by atoms with E-state index >= 15 is 0 Å². The highest BCUT2D eigenvalue weighted by Gasteiger charge is 2.31. The Balaban J connectivity index is 2.89. The van der Waals surface area contributed by atoms with Crippen LogP contribution in [0.5, 0.6) is 0 Å². The van der Waals surface area contributed by atoms with Crippen molar-refractivity contribution >= 4 is 22.9 Å². The minimum absolute atomic E-state index is 0.0337. The van der Waals surface area contributed by atoms with E-state index in [1.807, 2.05) is 0 Å². The third kappa shape index (κ3) is 1.79. The van der Waals surface area contributed by atoms with Crippen LogP contribution in [0.3, 0.4) is 0 Å². The number of hydrogen-bond acceptors (Lipinski definition) is 3. The molecule has 0 aliphatic rings. The van der Waals surface area contributed by atoms with Gasteiger partial charge in [0.05, 0.1) is 16.6 Å². The number of aromatic amines is 1. The van der Waals surface area contributed by atoms with Crippen LogP contribution in [0.15, 0.2) is 23.0 Å². The first kappa shape index (κ1) is 12.9. The second kappa shape index (κ2) is 3.98. The van der Waals surface area contributed by atoms with Gasteiger partial charge in [-0.25, -0.2) is 9.59 Å². The molecule has 0 aliphatic carbocycles. The Kier molecular flexibility index (Phi) is 2.69. The first-order valence-electron chi connectivity index (χ1n) is 5.54. The average molecular weight is 263 g/mol. The van der Waals surface area contributed by atoms with Gasteiger partial charge in [-0.15, -0.1) is 0 Å². The number of aromatic nitrogens is 2. The summed E-state index contributed by atoms with van der Waals surface area (Å²) in [5.41, 5.74) is 3.93. The van der Waals surface area contributed by atoms with Crippen LogP contribution in [0.1, 0.15) is 24.2 Å². The largest absolute Gasteiger partial charge is 0.478 e. The molecule has 0 saturated heterocycles. The third-order valence-electron chi connectivity index (χ3n) is 3.11. The maximum absolute atomic E-state index is 12.0. The number of rotatable bonds is 3. The van der Waals surface area contributed by atoms with Gasteiger partial charge in [-0.3, -0.25) is 9.36 Å². The standard InChI is InChI=1S/C12H13N3O4/c1-12(2,10(13)18)15-7-5-3-4-6(9(16)17)8(7)14-11(15)19/h3-5H,1-2H3,(H2,13,18)(H,14,19)(H,16,17). The molecule has 0 atom stereocenters. The first-order chi connectivity index (χ1) is 8.76. The predicted molar refractivity (Wildman–Crippen MR) is 68.0 cm³/mol. The minimum atomic E-state index is -1.26. The second-order valence-corrected chi connectivity index (χ2v) is 4.69. The Morgan fingerprint density at radius 2 is 2.00 bits per heavy atom. The molecule has 0 saturated carbocycles. The average Bonchev–Trinajstić information content (AvgIpc) is 2.64. The molecular weight excluding hydrogens is 250 g/mol. The van der Waals surface area contributed by atoms with Gasteiger partial charge in [-0.1, -0.05) is 6.07 Å². The molecule has 4 N–H and O–H groups in total. The topological polar surface area (TPSA) is 118 Å². The van der Waals surface area contributed by atoms with Crippen molar-refractivity contribution in [1.29, 1.82) is 0 Å². The van der Waals surface area contributed by atoms with E-state index in [1.54, 1.807) is 6.07 Å². The van der Waals surface area contributed by atoms with E-state index in [2.05, 4.69) is 4.98 Å². The number of nitrogens with two attached hydrogens (primary N) is 1. The molecule has 7 heteroatoms. The smallest absolute Gasteiger partial charge is 0.337 e. The van der Waals surface area contributed by atoms with Crippen molar-refractivity contribution in [3.63, 3.8) is 0 Å². The van der Waals surface area contributed by atoms with Crippen molar-refractivity contribution in [3.8, 4) is 0 Å². The van der Waals surface area contributed by atoms with Crippen molar-refractivity contribution in [3.05, 3.63) is 34.2 Å². The Morgan fingerprint density at radius 1 is 1.37 bits per heavy atom. The zero-order chi connectivity index (χ0) is 14.4. The van der Waals surface area contributed by atoms with Crippen LogP contribution < -0.4 is 11.4 Å². The molecular formula is C12H13N3O4. The Morgan fingerprint density at radius 3 is 2.53 bits per heavy atom. The number of nitrogens with zero attached hydrogens (tertiary/aromatic N) is 1. The van der Waals surface area contributed by atoms with Crippen molar-refractivity contribution in [2.24, 2.45) is 5.73 Å². The number of imidazole rings is 1. The molecule has 0 unspecified atom stereocenters. The van der Waals surface area contributed by atoms with Gasteiger partial charge in [-0.05, 0) is 26.0 Å². The van der Waals surface area contributed by atoms with Crippen LogP contribution in [0, 0.1) is 0 Å². The lowest BCUT2D eigenvalue weighted by Crippen LogP contribution is -2.45. The molecule has 0 fully saturated rings.